The van der Waals surface area contributed by atoms with Crippen LogP contribution in [-0.2, 0) is 11.0 Å². The van der Waals surface area contributed by atoms with Crippen molar-refractivity contribution >= 4 is 17.8 Å². The van der Waals surface area contributed by atoms with Gasteiger partial charge < -0.3 is 20.2 Å². The lowest BCUT2D eigenvalue weighted by Crippen LogP contribution is -2.53. The highest BCUT2D eigenvalue weighted by Gasteiger charge is 2.46. The van der Waals surface area contributed by atoms with Crippen LogP contribution in [0.2, 0.25) is 0 Å². The number of carboxylic acid groups (broad SMARTS) is 1. The van der Waals surface area contributed by atoms with Crippen LogP contribution in [0, 0.1) is 5.41 Å². The number of nitrogens with zero attached hydrogens (tertiary/aromatic N) is 3. The summed E-state index contributed by atoms with van der Waals surface area (Å²) in [5.41, 5.74) is -1.32. The van der Waals surface area contributed by atoms with Gasteiger partial charge in [-0.3, -0.25) is 4.79 Å². The molecule has 0 aromatic carbocycles. The fraction of sp³-hybridized carbons (Fsp3) is 0.632. The Hall–Kier alpha value is -2.52. The number of amides is 2. The van der Waals surface area contributed by atoms with Gasteiger partial charge in [-0.1, -0.05) is 6.92 Å². The van der Waals surface area contributed by atoms with Crippen molar-refractivity contribution < 1.29 is 27.9 Å². The summed E-state index contributed by atoms with van der Waals surface area (Å²) in [7, 11) is 0. The highest BCUT2D eigenvalue weighted by Crippen LogP contribution is 2.43. The Kier molecular flexibility index (Phi) is 5.90. The largest absolute Gasteiger partial charge is 0.465 e. The average molecular weight is 414 g/mol. The number of halogens is 3. The Morgan fingerprint density at radius 2 is 2.00 bits per heavy atom. The van der Waals surface area contributed by atoms with E-state index in [0.29, 0.717) is 51.9 Å². The summed E-state index contributed by atoms with van der Waals surface area (Å²) in [5.74, 6) is 0.259. The van der Waals surface area contributed by atoms with E-state index in [2.05, 4.69) is 10.3 Å². The number of rotatable bonds is 4. The zero-order chi connectivity index (χ0) is 21.2. The van der Waals surface area contributed by atoms with E-state index in [1.165, 1.54) is 0 Å². The first-order chi connectivity index (χ1) is 13.6. The van der Waals surface area contributed by atoms with E-state index in [9.17, 15) is 22.8 Å². The number of carbonyl (C=O) groups excluding carboxylic acids is 1. The maximum atomic E-state index is 13.2. The van der Waals surface area contributed by atoms with E-state index in [1.54, 1.807) is 9.80 Å². The molecule has 1 aliphatic heterocycles. The molecule has 2 fully saturated rings. The minimum atomic E-state index is -4.42. The molecule has 2 aliphatic rings. The molecule has 0 bridgehead atoms. The van der Waals surface area contributed by atoms with Gasteiger partial charge in [-0.2, -0.15) is 13.2 Å². The summed E-state index contributed by atoms with van der Waals surface area (Å²) in [6.45, 7) is 3.53. The second kappa shape index (κ2) is 8.08. The molecule has 3 rings (SSSR count). The third-order valence-electron chi connectivity index (χ3n) is 6.03. The first-order valence-electron chi connectivity index (χ1n) is 9.72. The Bertz CT molecular complexity index is 765. The monoisotopic (exact) mass is 414 g/mol. The average Bonchev–Trinajstić information content (AvgIpc) is 3.10. The molecule has 2 amide bonds. The van der Waals surface area contributed by atoms with Crippen molar-refractivity contribution in [1.82, 2.24) is 15.2 Å². The van der Waals surface area contributed by atoms with Crippen LogP contribution in [0.1, 0.15) is 38.2 Å². The summed E-state index contributed by atoms with van der Waals surface area (Å²) in [4.78, 5) is 31.6. The van der Waals surface area contributed by atoms with E-state index in [-0.39, 0.29) is 17.8 Å². The molecule has 29 heavy (non-hydrogen) atoms. The van der Waals surface area contributed by atoms with Crippen LogP contribution in [0.5, 0.6) is 0 Å². The summed E-state index contributed by atoms with van der Waals surface area (Å²) in [6.07, 6.45) is -2.01. The third-order valence-corrected chi connectivity index (χ3v) is 6.03. The van der Waals surface area contributed by atoms with Crippen molar-refractivity contribution in [3.63, 3.8) is 0 Å². The summed E-state index contributed by atoms with van der Waals surface area (Å²) < 4.78 is 38.8. The Morgan fingerprint density at radius 1 is 1.31 bits per heavy atom. The lowest BCUT2D eigenvalue weighted by molar-refractivity contribution is -0.142. The predicted octanol–water partition coefficient (Wildman–Crippen LogP) is 2.97. The molecule has 2 N–H and O–H groups in total. The van der Waals surface area contributed by atoms with Crippen LogP contribution < -0.4 is 10.2 Å². The molecular formula is C19H25F3N4O3. The van der Waals surface area contributed by atoms with Crippen molar-refractivity contribution in [3.8, 4) is 0 Å². The zero-order valence-electron chi connectivity index (χ0n) is 16.2. The van der Waals surface area contributed by atoms with Crippen molar-refractivity contribution in [2.45, 2.75) is 44.8 Å². The number of nitrogens with one attached hydrogen (secondary N) is 1. The minimum Gasteiger partial charge on any atom is -0.465 e. The number of anilines is 1. The second-order valence-electron chi connectivity index (χ2n) is 7.70. The van der Waals surface area contributed by atoms with Gasteiger partial charge in [0.15, 0.2) is 0 Å². The first-order valence-corrected chi connectivity index (χ1v) is 9.72. The van der Waals surface area contributed by atoms with E-state index >= 15 is 0 Å². The van der Waals surface area contributed by atoms with Crippen LogP contribution in [0.3, 0.4) is 0 Å². The molecule has 10 heteroatoms. The molecule has 2 atom stereocenters. The SMILES string of the molecule is CC[C@@]1(C(=O)N2CCN(c3cc(C(F)(F)F)ccn3)CC2)CC[C@H](NC(=O)O)C1. The van der Waals surface area contributed by atoms with E-state index < -0.39 is 23.2 Å². The highest BCUT2D eigenvalue weighted by molar-refractivity contribution is 5.83. The molecule has 1 aromatic heterocycles. The number of alkyl halides is 3. The van der Waals surface area contributed by atoms with Gasteiger partial charge >= 0.3 is 12.3 Å². The van der Waals surface area contributed by atoms with Gasteiger partial charge in [-0.05, 0) is 37.8 Å². The number of aromatic nitrogens is 1. The molecule has 1 aromatic rings. The lowest BCUT2D eigenvalue weighted by atomic mass is 9.81. The van der Waals surface area contributed by atoms with Crippen LogP contribution >= 0.6 is 0 Å². The lowest BCUT2D eigenvalue weighted by Gasteiger charge is -2.40. The van der Waals surface area contributed by atoms with Gasteiger partial charge in [-0.25, -0.2) is 9.78 Å². The fourth-order valence-electron chi connectivity index (χ4n) is 4.33. The first kappa shape index (κ1) is 21.2. The number of carbonyl (C=O) groups is 2. The molecule has 1 saturated carbocycles. The zero-order valence-corrected chi connectivity index (χ0v) is 16.2. The van der Waals surface area contributed by atoms with E-state index in [0.717, 1.165) is 18.3 Å². The topological polar surface area (TPSA) is 85.8 Å². The number of piperazine rings is 1. The molecule has 160 valence electrons. The van der Waals surface area contributed by atoms with Gasteiger partial charge in [0, 0.05) is 38.4 Å². The summed E-state index contributed by atoms with van der Waals surface area (Å²) in [6, 6.07) is 1.74. The number of hydrogen-bond donors (Lipinski definition) is 2. The summed E-state index contributed by atoms with van der Waals surface area (Å²) in [5, 5.41) is 11.4. The smallest absolute Gasteiger partial charge is 0.416 e. The van der Waals surface area contributed by atoms with E-state index in [4.69, 9.17) is 5.11 Å². The molecule has 0 unspecified atom stereocenters. The Balaban J connectivity index is 1.63. The molecule has 1 saturated heterocycles. The van der Waals surface area contributed by atoms with Crippen molar-refractivity contribution in [2.24, 2.45) is 5.41 Å². The maximum absolute atomic E-state index is 13.2. The molecule has 1 aliphatic carbocycles. The molecule has 0 spiro atoms. The van der Waals surface area contributed by atoms with Crippen molar-refractivity contribution in [1.29, 1.82) is 0 Å². The van der Waals surface area contributed by atoms with Crippen molar-refractivity contribution in [2.75, 3.05) is 31.1 Å². The van der Waals surface area contributed by atoms with Gasteiger partial charge in [0.1, 0.15) is 5.82 Å². The molecule has 7 nitrogen and oxygen atoms in total. The second-order valence-corrected chi connectivity index (χ2v) is 7.70. The minimum absolute atomic E-state index is 0.00587. The normalized spacial score (nSPS) is 25.2. The van der Waals surface area contributed by atoms with Crippen LogP contribution in [-0.4, -0.2) is 59.2 Å². The Labute approximate surface area is 166 Å². The quantitative estimate of drug-likeness (QED) is 0.791. The third kappa shape index (κ3) is 4.56. The number of pyridine rings is 1. The van der Waals surface area contributed by atoms with Crippen LogP contribution in [0.15, 0.2) is 18.3 Å². The molecule has 0 radical (unpaired) electrons. The Morgan fingerprint density at radius 3 is 2.59 bits per heavy atom. The maximum Gasteiger partial charge on any atom is 0.416 e. The van der Waals surface area contributed by atoms with Gasteiger partial charge in [0.25, 0.3) is 0 Å². The van der Waals surface area contributed by atoms with Gasteiger partial charge in [-0.15, -0.1) is 0 Å². The van der Waals surface area contributed by atoms with Crippen LogP contribution in [0.25, 0.3) is 0 Å². The van der Waals surface area contributed by atoms with E-state index in [1.807, 2.05) is 6.92 Å². The predicted molar refractivity (Wildman–Crippen MR) is 99.6 cm³/mol. The molecule has 2 heterocycles. The molecular weight excluding hydrogens is 389 g/mol. The van der Waals surface area contributed by atoms with Gasteiger partial charge in [0.2, 0.25) is 5.91 Å². The van der Waals surface area contributed by atoms with Gasteiger partial charge in [0.05, 0.1) is 11.0 Å². The highest BCUT2D eigenvalue weighted by atomic mass is 19.4. The van der Waals surface area contributed by atoms with Crippen molar-refractivity contribution in [3.05, 3.63) is 23.9 Å². The number of hydrogen-bond acceptors (Lipinski definition) is 4. The van der Waals surface area contributed by atoms with Crippen LogP contribution in [0.4, 0.5) is 23.8 Å². The fourth-order valence-corrected chi connectivity index (χ4v) is 4.33. The standard InChI is InChI=1S/C19H25F3N4O3/c1-2-18(5-3-14(12-18)24-17(28)29)16(27)26-9-7-25(8-10-26)15-11-13(4-6-23-15)19(20,21)22/h4,6,11,14,24H,2-3,5,7-10,12H2,1H3,(H,28,29)/t14-,18+/m0/s1. The summed E-state index contributed by atoms with van der Waals surface area (Å²) >= 11 is 0.